The molecule has 0 aromatic heterocycles. The molecule has 0 aliphatic heterocycles. The highest BCUT2D eigenvalue weighted by Crippen LogP contribution is 2.13. The fourth-order valence-corrected chi connectivity index (χ4v) is 3.78. The average molecular weight is 402 g/mol. The molecule has 1 amide bonds. The predicted molar refractivity (Wildman–Crippen MR) is 113 cm³/mol. The highest BCUT2D eigenvalue weighted by atomic mass is 32.2. The molecule has 0 spiro atoms. The van der Waals surface area contributed by atoms with Gasteiger partial charge in [0.2, 0.25) is 10.0 Å². The summed E-state index contributed by atoms with van der Waals surface area (Å²) in [5.74, 6) is -0.288. The van der Waals surface area contributed by atoms with E-state index in [-0.39, 0.29) is 17.3 Å². The summed E-state index contributed by atoms with van der Waals surface area (Å²) in [5, 5.41) is 2.85. The first-order valence-electron chi connectivity index (χ1n) is 9.26. The van der Waals surface area contributed by atoms with Gasteiger partial charge >= 0.3 is 0 Å². The molecule has 28 heavy (non-hydrogen) atoms. The van der Waals surface area contributed by atoms with Gasteiger partial charge in [-0.3, -0.25) is 4.79 Å². The Morgan fingerprint density at radius 1 is 1.14 bits per heavy atom. The van der Waals surface area contributed by atoms with Gasteiger partial charge in [-0.15, -0.1) is 6.58 Å². The van der Waals surface area contributed by atoms with E-state index in [0.29, 0.717) is 12.1 Å². The summed E-state index contributed by atoms with van der Waals surface area (Å²) < 4.78 is 26.7. The van der Waals surface area contributed by atoms with Crippen LogP contribution in [0.2, 0.25) is 0 Å². The number of sulfonamides is 1. The smallest absolute Gasteiger partial charge is 0.251 e. The molecule has 2 aromatic carbocycles. The number of benzene rings is 2. The number of carbonyl (C=O) groups is 1. The molecule has 0 radical (unpaired) electrons. The van der Waals surface area contributed by atoms with Crippen LogP contribution in [0.1, 0.15) is 23.7 Å². The van der Waals surface area contributed by atoms with Crippen LogP contribution in [0.4, 0.5) is 5.69 Å². The summed E-state index contributed by atoms with van der Waals surface area (Å²) in [5.41, 5.74) is 1.47. The molecule has 150 valence electrons. The van der Waals surface area contributed by atoms with Gasteiger partial charge < -0.3 is 10.2 Å². The molecule has 2 N–H and O–H groups in total. The number of rotatable bonds is 11. The monoisotopic (exact) mass is 401 g/mol. The molecular formula is C21H27N3O3S. The van der Waals surface area contributed by atoms with Gasteiger partial charge in [0.1, 0.15) is 0 Å². The normalized spacial score (nSPS) is 11.0. The van der Waals surface area contributed by atoms with Crippen molar-refractivity contribution in [2.45, 2.75) is 18.2 Å². The molecule has 2 aromatic rings. The van der Waals surface area contributed by atoms with E-state index in [9.17, 15) is 13.2 Å². The van der Waals surface area contributed by atoms with Crippen molar-refractivity contribution < 1.29 is 13.2 Å². The largest absolute Gasteiger partial charge is 0.372 e. The lowest BCUT2D eigenvalue weighted by Crippen LogP contribution is -2.30. The Morgan fingerprint density at radius 2 is 1.89 bits per heavy atom. The van der Waals surface area contributed by atoms with Crippen molar-refractivity contribution in [3.8, 4) is 0 Å². The van der Waals surface area contributed by atoms with Gasteiger partial charge in [-0.25, -0.2) is 13.1 Å². The lowest BCUT2D eigenvalue weighted by molar-refractivity contribution is 0.0953. The minimum absolute atomic E-state index is 0.0586. The highest BCUT2D eigenvalue weighted by Gasteiger charge is 2.15. The molecule has 0 aliphatic rings. The number of nitrogens with zero attached hydrogens (tertiary/aromatic N) is 1. The number of carbonyl (C=O) groups excluding carboxylic acids is 1. The molecular weight excluding hydrogens is 374 g/mol. The molecule has 0 unspecified atom stereocenters. The molecule has 0 saturated heterocycles. The van der Waals surface area contributed by atoms with Crippen molar-refractivity contribution in [2.75, 3.05) is 31.1 Å². The predicted octanol–water partition coefficient (Wildman–Crippen LogP) is 2.80. The Kier molecular flexibility index (Phi) is 8.22. The third-order valence-electron chi connectivity index (χ3n) is 4.22. The van der Waals surface area contributed by atoms with Crippen LogP contribution in [0.3, 0.4) is 0 Å². The zero-order chi connectivity index (χ0) is 20.4. The first-order valence-corrected chi connectivity index (χ1v) is 10.7. The fourth-order valence-electron chi connectivity index (χ4n) is 2.74. The third kappa shape index (κ3) is 6.21. The fraction of sp³-hybridized carbons (Fsp3) is 0.286. The van der Waals surface area contributed by atoms with Crippen LogP contribution >= 0.6 is 0 Å². The van der Waals surface area contributed by atoms with E-state index in [2.05, 4.69) is 40.6 Å². The van der Waals surface area contributed by atoms with Crippen LogP contribution < -0.4 is 14.9 Å². The molecule has 0 heterocycles. The minimum atomic E-state index is -3.66. The Hall–Kier alpha value is -2.64. The summed E-state index contributed by atoms with van der Waals surface area (Å²) in [6.07, 6.45) is 2.25. The molecule has 0 bridgehead atoms. The molecule has 0 aliphatic carbocycles. The highest BCUT2D eigenvalue weighted by molar-refractivity contribution is 7.89. The van der Waals surface area contributed by atoms with Crippen LogP contribution in [0.5, 0.6) is 0 Å². The van der Waals surface area contributed by atoms with E-state index >= 15 is 0 Å². The number of hydrogen-bond acceptors (Lipinski definition) is 4. The van der Waals surface area contributed by atoms with Crippen molar-refractivity contribution in [3.05, 3.63) is 72.8 Å². The quantitative estimate of drug-likeness (QED) is 0.448. The van der Waals surface area contributed by atoms with Gasteiger partial charge in [-0.2, -0.15) is 0 Å². The second kappa shape index (κ2) is 10.6. The van der Waals surface area contributed by atoms with E-state index in [1.54, 1.807) is 12.1 Å². The summed E-state index contributed by atoms with van der Waals surface area (Å²) in [6, 6.07) is 16.1. The van der Waals surface area contributed by atoms with Gasteiger partial charge in [0.15, 0.2) is 0 Å². The zero-order valence-corrected chi connectivity index (χ0v) is 16.9. The number of nitrogens with one attached hydrogen (secondary N) is 2. The van der Waals surface area contributed by atoms with Crippen LogP contribution in [-0.2, 0) is 10.0 Å². The molecule has 6 nitrogen and oxygen atoms in total. The van der Waals surface area contributed by atoms with Crippen molar-refractivity contribution in [3.63, 3.8) is 0 Å². The van der Waals surface area contributed by atoms with Gasteiger partial charge in [0.25, 0.3) is 5.91 Å². The zero-order valence-electron chi connectivity index (χ0n) is 16.1. The maximum atomic E-state index is 12.4. The second-order valence-electron chi connectivity index (χ2n) is 6.19. The van der Waals surface area contributed by atoms with E-state index < -0.39 is 10.0 Å². The molecule has 0 saturated carbocycles. The Balaban J connectivity index is 1.89. The lowest BCUT2D eigenvalue weighted by Gasteiger charge is -2.23. The molecule has 2 rings (SSSR count). The Labute approximate surface area is 167 Å². The summed E-state index contributed by atoms with van der Waals surface area (Å²) in [6.45, 7) is 7.93. The number of anilines is 1. The van der Waals surface area contributed by atoms with Crippen LogP contribution in [-0.4, -0.2) is 40.5 Å². The topological polar surface area (TPSA) is 78.5 Å². The van der Waals surface area contributed by atoms with E-state index in [1.165, 1.54) is 18.2 Å². The van der Waals surface area contributed by atoms with Crippen molar-refractivity contribution >= 4 is 21.6 Å². The number of amides is 1. The third-order valence-corrected chi connectivity index (χ3v) is 5.64. The van der Waals surface area contributed by atoms with Crippen LogP contribution in [0, 0.1) is 0 Å². The SMILES string of the molecule is C=CCNS(=O)(=O)c1cccc(C(=O)NCCCN(CC)c2ccccc2)c1. The first kappa shape index (κ1) is 21.7. The van der Waals surface area contributed by atoms with E-state index in [0.717, 1.165) is 25.2 Å². The maximum Gasteiger partial charge on any atom is 0.251 e. The lowest BCUT2D eigenvalue weighted by atomic mass is 10.2. The number of hydrogen-bond donors (Lipinski definition) is 2. The Morgan fingerprint density at radius 3 is 2.57 bits per heavy atom. The summed E-state index contributed by atoms with van der Waals surface area (Å²) in [7, 11) is -3.66. The molecule has 0 fully saturated rings. The number of para-hydroxylation sites is 1. The molecule has 0 atom stereocenters. The first-order chi connectivity index (χ1) is 13.5. The van der Waals surface area contributed by atoms with Gasteiger partial charge in [0, 0.05) is 37.4 Å². The maximum absolute atomic E-state index is 12.4. The summed E-state index contributed by atoms with van der Waals surface area (Å²) >= 11 is 0. The van der Waals surface area contributed by atoms with Crippen molar-refractivity contribution in [2.24, 2.45) is 0 Å². The second-order valence-corrected chi connectivity index (χ2v) is 7.96. The van der Waals surface area contributed by atoms with Gasteiger partial charge in [-0.1, -0.05) is 30.3 Å². The van der Waals surface area contributed by atoms with Gasteiger partial charge in [0.05, 0.1) is 4.90 Å². The summed E-state index contributed by atoms with van der Waals surface area (Å²) in [4.78, 5) is 14.7. The van der Waals surface area contributed by atoms with Crippen LogP contribution in [0.25, 0.3) is 0 Å². The van der Waals surface area contributed by atoms with E-state index in [1.807, 2.05) is 18.2 Å². The van der Waals surface area contributed by atoms with Crippen LogP contribution in [0.15, 0.2) is 72.1 Å². The molecule has 7 heteroatoms. The standard InChI is InChI=1S/C21H27N3O3S/c1-3-14-23-28(26,27)20-13-8-10-18(17-20)21(25)22-15-9-16-24(4-2)19-11-6-5-7-12-19/h3,5-8,10-13,17,23H,1,4,9,14-16H2,2H3,(H,22,25). The average Bonchev–Trinajstić information content (AvgIpc) is 2.73. The Bertz CT molecular complexity index is 883. The van der Waals surface area contributed by atoms with Crippen molar-refractivity contribution in [1.29, 1.82) is 0 Å². The van der Waals surface area contributed by atoms with Gasteiger partial charge in [-0.05, 0) is 43.7 Å². The minimum Gasteiger partial charge on any atom is -0.372 e. The van der Waals surface area contributed by atoms with E-state index in [4.69, 9.17) is 0 Å². The van der Waals surface area contributed by atoms with Crippen molar-refractivity contribution in [1.82, 2.24) is 10.0 Å².